The number of thioether (sulfide) groups is 1. The molecule has 0 bridgehead atoms. The number of hydrogen-bond donors (Lipinski definition) is 2. The van der Waals surface area contributed by atoms with E-state index in [4.69, 9.17) is 5.73 Å². The van der Waals surface area contributed by atoms with Gasteiger partial charge in [0.15, 0.2) is 5.16 Å². The number of amides is 2. The first-order valence-electron chi connectivity index (χ1n) is 10.3. The molecule has 1 atom stereocenters. The van der Waals surface area contributed by atoms with Crippen molar-refractivity contribution in [3.63, 3.8) is 0 Å². The minimum Gasteiger partial charge on any atom is -0.370 e. The molecule has 0 fully saturated rings. The van der Waals surface area contributed by atoms with Gasteiger partial charge in [0.1, 0.15) is 5.82 Å². The first-order chi connectivity index (χ1) is 14.0. The largest absolute Gasteiger partial charge is 0.370 e. The number of hydrogen-bond acceptors (Lipinski definition) is 5. The van der Waals surface area contributed by atoms with Gasteiger partial charge in [-0.15, -0.1) is 10.2 Å². The number of aromatic nitrogens is 3. The second-order valence-electron chi connectivity index (χ2n) is 8.95. The van der Waals surface area contributed by atoms with Crippen molar-refractivity contribution >= 4 is 29.3 Å². The van der Waals surface area contributed by atoms with Crippen LogP contribution in [0.4, 0.5) is 5.69 Å². The summed E-state index contributed by atoms with van der Waals surface area (Å²) < 4.78 is 1.99. The number of benzene rings is 1. The maximum absolute atomic E-state index is 12.7. The van der Waals surface area contributed by atoms with Crippen molar-refractivity contribution in [2.24, 2.45) is 11.7 Å². The van der Waals surface area contributed by atoms with Gasteiger partial charge >= 0.3 is 0 Å². The summed E-state index contributed by atoms with van der Waals surface area (Å²) in [5.74, 6) is 0.628. The molecule has 0 aliphatic heterocycles. The fraction of sp³-hybridized carbons (Fsp3) is 0.545. The lowest BCUT2D eigenvalue weighted by Gasteiger charge is -2.19. The van der Waals surface area contributed by atoms with Crippen LogP contribution in [0, 0.1) is 5.92 Å². The molecular weight excluding hydrogens is 398 g/mol. The molecule has 1 aromatic carbocycles. The summed E-state index contributed by atoms with van der Waals surface area (Å²) in [5, 5.41) is 11.8. The predicted molar refractivity (Wildman–Crippen MR) is 121 cm³/mol. The number of rotatable bonds is 9. The van der Waals surface area contributed by atoms with E-state index < -0.39 is 0 Å². The first-order valence-corrected chi connectivity index (χ1v) is 11.1. The van der Waals surface area contributed by atoms with Gasteiger partial charge in [-0.05, 0) is 36.0 Å². The van der Waals surface area contributed by atoms with E-state index in [2.05, 4.69) is 50.1 Å². The zero-order valence-corrected chi connectivity index (χ0v) is 19.5. The molecule has 0 radical (unpaired) electrons. The Morgan fingerprint density at radius 1 is 1.13 bits per heavy atom. The van der Waals surface area contributed by atoms with Crippen LogP contribution in [-0.2, 0) is 28.0 Å². The average Bonchev–Trinajstić information content (AvgIpc) is 3.00. The van der Waals surface area contributed by atoms with Crippen molar-refractivity contribution in [3.8, 4) is 0 Å². The lowest BCUT2D eigenvalue weighted by atomic mass is 9.87. The third-order valence-corrected chi connectivity index (χ3v) is 5.69. The molecule has 30 heavy (non-hydrogen) atoms. The van der Waals surface area contributed by atoms with Crippen molar-refractivity contribution in [2.75, 3.05) is 5.32 Å². The standard InChI is InChI=1S/C22H33N5O2S/c1-14(2)13-27-19(12-11-18(23)28)25-26-21(27)30-15(3)20(29)24-17-9-7-16(8-10-17)22(4,5)6/h7-10,14-15H,11-13H2,1-6H3,(H2,23,28)(H,24,29)/t15-/m0/s1. The summed E-state index contributed by atoms with van der Waals surface area (Å²) >= 11 is 1.36. The number of carbonyl (C=O) groups excluding carboxylic acids is 2. The Morgan fingerprint density at radius 2 is 1.77 bits per heavy atom. The SMILES string of the molecule is CC(C)Cn1c(CCC(N)=O)nnc1S[C@@H](C)C(=O)Nc1ccc(C(C)(C)C)cc1. The number of primary amides is 1. The minimum atomic E-state index is -0.367. The van der Waals surface area contributed by atoms with Crippen LogP contribution in [0.2, 0.25) is 0 Å². The molecule has 0 spiro atoms. The smallest absolute Gasteiger partial charge is 0.237 e. The van der Waals surface area contributed by atoms with Crippen molar-refractivity contribution in [1.29, 1.82) is 0 Å². The van der Waals surface area contributed by atoms with Crippen molar-refractivity contribution in [1.82, 2.24) is 14.8 Å². The van der Waals surface area contributed by atoms with Crippen LogP contribution in [0.1, 0.15) is 59.4 Å². The molecule has 1 aromatic heterocycles. The Hall–Kier alpha value is -2.35. The second kappa shape index (κ2) is 10.1. The highest BCUT2D eigenvalue weighted by Crippen LogP contribution is 2.26. The van der Waals surface area contributed by atoms with E-state index in [9.17, 15) is 9.59 Å². The molecule has 0 unspecified atom stereocenters. The summed E-state index contributed by atoms with van der Waals surface area (Å²) in [6.45, 7) is 13.2. The fourth-order valence-corrected chi connectivity index (χ4v) is 3.76. The maximum Gasteiger partial charge on any atom is 0.237 e. The number of carbonyl (C=O) groups is 2. The van der Waals surface area contributed by atoms with Crippen LogP contribution in [0.5, 0.6) is 0 Å². The number of anilines is 1. The number of aryl methyl sites for hydroxylation is 1. The zero-order chi connectivity index (χ0) is 22.5. The zero-order valence-electron chi connectivity index (χ0n) is 18.7. The average molecular weight is 432 g/mol. The lowest BCUT2D eigenvalue weighted by molar-refractivity contribution is -0.118. The number of nitrogens with zero attached hydrogens (tertiary/aromatic N) is 3. The van der Waals surface area contributed by atoms with Crippen LogP contribution in [0.25, 0.3) is 0 Å². The molecular formula is C22H33N5O2S. The summed E-state index contributed by atoms with van der Waals surface area (Å²) in [6.07, 6.45) is 0.664. The minimum absolute atomic E-state index is 0.0679. The topological polar surface area (TPSA) is 103 Å². The Bertz CT molecular complexity index is 869. The van der Waals surface area contributed by atoms with Gasteiger partial charge in [0.25, 0.3) is 0 Å². The van der Waals surface area contributed by atoms with E-state index in [0.29, 0.717) is 24.0 Å². The van der Waals surface area contributed by atoms with Crippen LogP contribution in [0.3, 0.4) is 0 Å². The van der Waals surface area contributed by atoms with Gasteiger partial charge in [-0.2, -0.15) is 0 Å². The molecule has 2 amide bonds. The number of nitrogens with one attached hydrogen (secondary N) is 1. The lowest BCUT2D eigenvalue weighted by Crippen LogP contribution is -2.23. The van der Waals surface area contributed by atoms with E-state index >= 15 is 0 Å². The molecule has 3 N–H and O–H groups in total. The van der Waals surface area contributed by atoms with Gasteiger partial charge in [-0.1, -0.05) is 58.5 Å². The van der Waals surface area contributed by atoms with Crippen LogP contribution in [0.15, 0.2) is 29.4 Å². The molecule has 164 valence electrons. The third-order valence-electron chi connectivity index (χ3n) is 4.61. The molecule has 0 aliphatic carbocycles. The molecule has 0 saturated heterocycles. The van der Waals surface area contributed by atoms with E-state index in [1.165, 1.54) is 17.3 Å². The maximum atomic E-state index is 12.7. The molecule has 1 heterocycles. The fourth-order valence-electron chi connectivity index (χ4n) is 2.88. The van der Waals surface area contributed by atoms with Crippen molar-refractivity contribution in [3.05, 3.63) is 35.7 Å². The van der Waals surface area contributed by atoms with Gasteiger partial charge in [0.05, 0.1) is 5.25 Å². The Kier molecular flexibility index (Phi) is 8.06. The summed E-state index contributed by atoms with van der Waals surface area (Å²) in [6, 6.07) is 7.94. The molecule has 0 aliphatic rings. The van der Waals surface area contributed by atoms with Gasteiger partial charge in [-0.25, -0.2) is 0 Å². The third kappa shape index (κ3) is 6.86. The van der Waals surface area contributed by atoms with Gasteiger partial charge in [0.2, 0.25) is 11.8 Å². The second-order valence-corrected chi connectivity index (χ2v) is 10.3. The number of nitrogens with two attached hydrogens (primary N) is 1. The van der Waals surface area contributed by atoms with Gasteiger partial charge in [0, 0.05) is 25.1 Å². The van der Waals surface area contributed by atoms with E-state index in [1.807, 2.05) is 35.8 Å². The molecule has 2 rings (SSSR count). The molecule has 7 nitrogen and oxygen atoms in total. The highest BCUT2D eigenvalue weighted by atomic mass is 32.2. The molecule has 2 aromatic rings. The Balaban J connectivity index is 2.07. The first kappa shape index (κ1) is 23.9. The summed E-state index contributed by atoms with van der Waals surface area (Å²) in [7, 11) is 0. The van der Waals surface area contributed by atoms with Crippen LogP contribution in [-0.4, -0.2) is 31.8 Å². The Labute approximate surface area is 183 Å². The highest BCUT2D eigenvalue weighted by molar-refractivity contribution is 8.00. The molecule has 0 saturated carbocycles. The van der Waals surface area contributed by atoms with E-state index in [-0.39, 0.29) is 28.9 Å². The van der Waals surface area contributed by atoms with Gasteiger partial charge in [-0.3, -0.25) is 9.59 Å². The highest BCUT2D eigenvalue weighted by Gasteiger charge is 2.21. The van der Waals surface area contributed by atoms with Crippen molar-refractivity contribution < 1.29 is 9.59 Å². The Morgan fingerprint density at radius 3 is 2.30 bits per heavy atom. The summed E-state index contributed by atoms with van der Waals surface area (Å²) in [4.78, 5) is 23.8. The normalized spacial score (nSPS) is 12.8. The summed E-state index contributed by atoms with van der Waals surface area (Å²) in [5.41, 5.74) is 7.32. The van der Waals surface area contributed by atoms with E-state index in [1.54, 1.807) is 0 Å². The van der Waals surface area contributed by atoms with Gasteiger partial charge < -0.3 is 15.6 Å². The van der Waals surface area contributed by atoms with E-state index in [0.717, 1.165) is 11.5 Å². The quantitative estimate of drug-likeness (QED) is 0.588. The predicted octanol–water partition coefficient (Wildman–Crippen LogP) is 3.77. The monoisotopic (exact) mass is 431 g/mol. The van der Waals surface area contributed by atoms with Crippen LogP contribution >= 0.6 is 11.8 Å². The molecule has 8 heteroatoms. The van der Waals surface area contributed by atoms with Crippen LogP contribution < -0.4 is 11.1 Å². The van der Waals surface area contributed by atoms with Crippen molar-refractivity contribution in [2.45, 2.75) is 76.8 Å².